The summed E-state index contributed by atoms with van der Waals surface area (Å²) in [5.41, 5.74) is 6.57. The smallest absolute Gasteiger partial charge is 0.194 e. The molecule has 1 aromatic rings. The van der Waals surface area contributed by atoms with E-state index in [1.165, 1.54) is 13.1 Å². The molecule has 3 N–H and O–H groups in total. The van der Waals surface area contributed by atoms with E-state index in [2.05, 4.69) is 4.98 Å². The average Bonchev–Trinajstić information content (AvgIpc) is 2.03. The Bertz CT molecular complexity index is 314. The van der Waals surface area contributed by atoms with Crippen molar-refractivity contribution in [1.82, 2.24) is 4.98 Å². The number of nitrogen functional groups attached to an aromatic ring is 1. The minimum atomic E-state index is -1.04. The Kier molecular flexibility index (Phi) is 2.63. The van der Waals surface area contributed by atoms with Crippen molar-refractivity contribution in [3.63, 3.8) is 0 Å². The first-order chi connectivity index (χ1) is 6.04. The highest BCUT2D eigenvalue weighted by Gasteiger charge is 2.17. The Morgan fingerprint density at radius 2 is 2.31 bits per heavy atom. The number of Topliss-reactive ketones (excluding diaryl/α,β-unsaturated/α-hetero) is 1. The molecule has 1 rings (SSSR count). The van der Waals surface area contributed by atoms with Crippen molar-refractivity contribution >= 4 is 11.6 Å². The minimum Gasteiger partial charge on any atom is -0.385 e. The van der Waals surface area contributed by atoms with Crippen molar-refractivity contribution in [2.24, 2.45) is 0 Å². The van der Waals surface area contributed by atoms with Gasteiger partial charge in [-0.2, -0.15) is 0 Å². The summed E-state index contributed by atoms with van der Waals surface area (Å²) in [7, 11) is 0. The highest BCUT2D eigenvalue weighted by atomic mass is 16.3. The lowest BCUT2D eigenvalue weighted by Crippen LogP contribution is -2.19. The van der Waals surface area contributed by atoms with E-state index in [0.717, 1.165) is 5.56 Å². The van der Waals surface area contributed by atoms with Crippen molar-refractivity contribution in [1.29, 1.82) is 0 Å². The van der Waals surface area contributed by atoms with Crippen molar-refractivity contribution in [3.8, 4) is 0 Å². The van der Waals surface area contributed by atoms with Gasteiger partial charge >= 0.3 is 0 Å². The van der Waals surface area contributed by atoms with Gasteiger partial charge in [0.05, 0.1) is 5.56 Å². The first kappa shape index (κ1) is 9.67. The topological polar surface area (TPSA) is 76.2 Å². The van der Waals surface area contributed by atoms with Gasteiger partial charge in [-0.1, -0.05) is 0 Å². The number of nitrogens with two attached hydrogens (primary N) is 1. The zero-order valence-electron chi connectivity index (χ0n) is 7.61. The summed E-state index contributed by atoms with van der Waals surface area (Å²) in [6, 6.07) is 1.69. The van der Waals surface area contributed by atoms with Crippen LogP contribution in [0.15, 0.2) is 12.3 Å². The largest absolute Gasteiger partial charge is 0.385 e. The number of aliphatic hydroxyl groups is 1. The summed E-state index contributed by atoms with van der Waals surface area (Å²) in [6.45, 7) is 3.17. The molecule has 70 valence electrons. The van der Waals surface area contributed by atoms with Crippen molar-refractivity contribution in [3.05, 3.63) is 23.4 Å². The predicted octanol–water partition coefficient (Wildman–Crippen LogP) is 0.536. The van der Waals surface area contributed by atoms with Gasteiger partial charge < -0.3 is 10.8 Å². The number of hydrogen-bond donors (Lipinski definition) is 2. The van der Waals surface area contributed by atoms with Crippen LogP contribution in [0.2, 0.25) is 0 Å². The van der Waals surface area contributed by atoms with Crippen molar-refractivity contribution in [2.75, 3.05) is 5.73 Å². The normalized spacial score (nSPS) is 12.5. The Labute approximate surface area is 76.4 Å². The summed E-state index contributed by atoms with van der Waals surface area (Å²) in [6.07, 6.45) is 0.494. The van der Waals surface area contributed by atoms with Gasteiger partial charge in [0, 0.05) is 6.20 Å². The Balaban J connectivity index is 3.20. The van der Waals surface area contributed by atoms with Gasteiger partial charge in [0.2, 0.25) is 0 Å². The van der Waals surface area contributed by atoms with Crippen molar-refractivity contribution in [2.45, 2.75) is 20.0 Å². The second kappa shape index (κ2) is 3.53. The quantitative estimate of drug-likeness (QED) is 0.651. The number of nitrogens with zero attached hydrogens (tertiary/aromatic N) is 1. The Hall–Kier alpha value is -1.42. The van der Waals surface area contributed by atoms with Crippen LogP contribution in [0.25, 0.3) is 0 Å². The molecule has 0 aliphatic carbocycles. The van der Waals surface area contributed by atoms with Gasteiger partial charge in [0.1, 0.15) is 11.9 Å². The first-order valence-electron chi connectivity index (χ1n) is 3.97. The third-order valence-electron chi connectivity index (χ3n) is 1.81. The zero-order valence-corrected chi connectivity index (χ0v) is 7.61. The number of hydrogen-bond acceptors (Lipinski definition) is 4. The first-order valence-corrected chi connectivity index (χ1v) is 3.97. The molecule has 0 saturated carbocycles. The number of carbonyl (C=O) groups is 1. The molecule has 0 aliphatic heterocycles. The second-order valence-electron chi connectivity index (χ2n) is 2.93. The Morgan fingerprint density at radius 1 is 1.69 bits per heavy atom. The maximum Gasteiger partial charge on any atom is 0.194 e. The lowest BCUT2D eigenvalue weighted by atomic mass is 10.0. The van der Waals surface area contributed by atoms with E-state index in [9.17, 15) is 4.79 Å². The fourth-order valence-electron chi connectivity index (χ4n) is 1.11. The van der Waals surface area contributed by atoms with E-state index in [1.54, 1.807) is 13.0 Å². The monoisotopic (exact) mass is 180 g/mol. The van der Waals surface area contributed by atoms with E-state index in [1.807, 2.05) is 0 Å². The highest BCUT2D eigenvalue weighted by Crippen LogP contribution is 2.15. The summed E-state index contributed by atoms with van der Waals surface area (Å²) in [4.78, 5) is 15.2. The number of anilines is 1. The maximum atomic E-state index is 11.4. The molecule has 4 heteroatoms. The Morgan fingerprint density at radius 3 is 2.77 bits per heavy atom. The number of aryl methyl sites for hydroxylation is 1. The number of carbonyl (C=O) groups excluding carboxylic acids is 1. The van der Waals surface area contributed by atoms with Gasteiger partial charge in [-0.25, -0.2) is 4.98 Å². The molecule has 0 amide bonds. The van der Waals surface area contributed by atoms with Crippen molar-refractivity contribution < 1.29 is 9.90 Å². The standard InChI is InChI=1S/C9H12N2O2/c1-5-3-4-11-9(10)7(5)8(13)6(2)12/h3-4,6,12H,1-2H3,(H2,10,11). The molecule has 0 saturated heterocycles. The molecule has 0 aliphatic rings. The molecule has 1 heterocycles. The van der Waals surface area contributed by atoms with Gasteiger partial charge in [-0.05, 0) is 25.5 Å². The SMILES string of the molecule is Cc1ccnc(N)c1C(=O)C(C)O. The lowest BCUT2D eigenvalue weighted by molar-refractivity contribution is 0.0779. The summed E-state index contributed by atoms with van der Waals surface area (Å²) in [5, 5.41) is 9.09. The van der Waals surface area contributed by atoms with Crippen LogP contribution in [0, 0.1) is 6.92 Å². The van der Waals surface area contributed by atoms with Crippen LogP contribution >= 0.6 is 0 Å². The van der Waals surface area contributed by atoms with Crippen LogP contribution in [-0.4, -0.2) is 22.0 Å². The molecule has 1 aromatic heterocycles. The molecule has 0 bridgehead atoms. The van der Waals surface area contributed by atoms with E-state index in [-0.39, 0.29) is 11.6 Å². The van der Waals surface area contributed by atoms with Gasteiger partial charge in [-0.3, -0.25) is 4.79 Å². The predicted molar refractivity (Wildman–Crippen MR) is 49.4 cm³/mol. The number of ketones is 1. The van der Waals surface area contributed by atoms with E-state index in [4.69, 9.17) is 10.8 Å². The van der Waals surface area contributed by atoms with E-state index < -0.39 is 6.10 Å². The molecular weight excluding hydrogens is 168 g/mol. The van der Waals surface area contributed by atoms with Crippen LogP contribution < -0.4 is 5.73 Å². The number of aromatic nitrogens is 1. The molecule has 1 unspecified atom stereocenters. The molecule has 0 aromatic carbocycles. The van der Waals surface area contributed by atoms with Crippen LogP contribution in [0.5, 0.6) is 0 Å². The summed E-state index contributed by atoms with van der Waals surface area (Å²) in [5.74, 6) is -0.214. The fourth-order valence-corrected chi connectivity index (χ4v) is 1.11. The number of pyridine rings is 1. The molecular formula is C9H12N2O2. The third kappa shape index (κ3) is 1.84. The maximum absolute atomic E-state index is 11.4. The van der Waals surface area contributed by atoms with Crippen LogP contribution in [-0.2, 0) is 0 Å². The zero-order chi connectivity index (χ0) is 10.0. The van der Waals surface area contributed by atoms with Gasteiger partial charge in [-0.15, -0.1) is 0 Å². The van der Waals surface area contributed by atoms with Gasteiger partial charge in [0.25, 0.3) is 0 Å². The van der Waals surface area contributed by atoms with E-state index >= 15 is 0 Å². The summed E-state index contributed by atoms with van der Waals surface area (Å²) < 4.78 is 0. The highest BCUT2D eigenvalue weighted by molar-refractivity contribution is 6.03. The molecule has 4 nitrogen and oxygen atoms in total. The molecule has 0 spiro atoms. The van der Waals surface area contributed by atoms with Crippen LogP contribution in [0.4, 0.5) is 5.82 Å². The average molecular weight is 180 g/mol. The molecule has 13 heavy (non-hydrogen) atoms. The van der Waals surface area contributed by atoms with Crippen LogP contribution in [0.1, 0.15) is 22.8 Å². The number of aliphatic hydroxyl groups excluding tert-OH is 1. The molecule has 0 fully saturated rings. The molecule has 0 radical (unpaired) electrons. The number of rotatable bonds is 2. The lowest BCUT2D eigenvalue weighted by Gasteiger charge is -2.08. The van der Waals surface area contributed by atoms with E-state index in [0.29, 0.717) is 5.56 Å². The van der Waals surface area contributed by atoms with Crippen LogP contribution in [0.3, 0.4) is 0 Å². The second-order valence-corrected chi connectivity index (χ2v) is 2.93. The minimum absolute atomic E-state index is 0.172. The van der Waals surface area contributed by atoms with Gasteiger partial charge in [0.15, 0.2) is 5.78 Å². The molecule has 1 atom stereocenters. The summed E-state index contributed by atoms with van der Waals surface area (Å²) >= 11 is 0. The third-order valence-corrected chi connectivity index (χ3v) is 1.81. The fraction of sp³-hybridized carbons (Fsp3) is 0.333.